The first kappa shape index (κ1) is 16.5. The Morgan fingerprint density at radius 2 is 2.10 bits per heavy atom. The van der Waals surface area contributed by atoms with Gasteiger partial charge in [0, 0.05) is 12.1 Å². The van der Waals surface area contributed by atoms with E-state index >= 15 is 0 Å². The fourth-order valence-corrected chi connectivity index (χ4v) is 3.95. The van der Waals surface area contributed by atoms with Crippen molar-refractivity contribution in [3.63, 3.8) is 0 Å². The SMILES string of the molecule is CC1CCCC(NS(=O)(=O)c2ccc(CNC(C)C)o2)C1. The Kier molecular flexibility index (Phi) is 5.46. The van der Waals surface area contributed by atoms with Gasteiger partial charge in [-0.1, -0.05) is 33.6 Å². The topological polar surface area (TPSA) is 71.3 Å². The van der Waals surface area contributed by atoms with Crippen LogP contribution in [0.1, 0.15) is 52.2 Å². The highest BCUT2D eigenvalue weighted by molar-refractivity contribution is 7.89. The highest BCUT2D eigenvalue weighted by atomic mass is 32.2. The fourth-order valence-electron chi connectivity index (χ4n) is 2.72. The first-order valence-electron chi connectivity index (χ1n) is 7.71. The number of hydrogen-bond donors (Lipinski definition) is 2. The fraction of sp³-hybridized carbons (Fsp3) is 0.733. The van der Waals surface area contributed by atoms with Gasteiger partial charge in [-0.2, -0.15) is 0 Å². The normalized spacial score (nSPS) is 23.6. The number of furan rings is 1. The van der Waals surface area contributed by atoms with Crippen molar-refractivity contribution >= 4 is 10.0 Å². The molecule has 1 saturated carbocycles. The maximum Gasteiger partial charge on any atom is 0.274 e. The number of sulfonamides is 1. The van der Waals surface area contributed by atoms with Gasteiger partial charge in [-0.15, -0.1) is 0 Å². The Bertz CT molecular complexity index is 551. The van der Waals surface area contributed by atoms with Crippen LogP contribution in [0.4, 0.5) is 0 Å². The average Bonchev–Trinajstić information content (AvgIpc) is 2.85. The molecule has 1 heterocycles. The second-order valence-electron chi connectivity index (χ2n) is 6.35. The van der Waals surface area contributed by atoms with Crippen molar-refractivity contribution in [3.8, 4) is 0 Å². The summed E-state index contributed by atoms with van der Waals surface area (Å²) in [6.45, 7) is 6.77. The summed E-state index contributed by atoms with van der Waals surface area (Å²) in [6.07, 6.45) is 4.08. The Morgan fingerprint density at radius 3 is 2.76 bits per heavy atom. The summed E-state index contributed by atoms with van der Waals surface area (Å²) in [5.41, 5.74) is 0. The van der Waals surface area contributed by atoms with Crippen molar-refractivity contribution in [2.45, 2.75) is 70.2 Å². The van der Waals surface area contributed by atoms with E-state index in [-0.39, 0.29) is 11.1 Å². The molecule has 6 heteroatoms. The van der Waals surface area contributed by atoms with Crippen molar-refractivity contribution < 1.29 is 12.8 Å². The predicted octanol–water partition coefficient (Wildman–Crippen LogP) is 2.63. The lowest BCUT2D eigenvalue weighted by atomic mass is 9.88. The molecule has 1 aliphatic carbocycles. The third kappa shape index (κ3) is 4.83. The summed E-state index contributed by atoms with van der Waals surface area (Å²) in [6, 6.07) is 3.61. The van der Waals surface area contributed by atoms with Gasteiger partial charge in [0.25, 0.3) is 10.0 Å². The van der Waals surface area contributed by atoms with E-state index in [0.717, 1.165) is 19.3 Å². The summed E-state index contributed by atoms with van der Waals surface area (Å²) >= 11 is 0. The molecule has 1 fully saturated rings. The number of rotatable bonds is 6. The van der Waals surface area contributed by atoms with E-state index in [1.165, 1.54) is 12.5 Å². The highest BCUT2D eigenvalue weighted by Gasteiger charge is 2.26. The number of hydrogen-bond acceptors (Lipinski definition) is 4. The Labute approximate surface area is 127 Å². The van der Waals surface area contributed by atoms with Gasteiger partial charge in [0.05, 0.1) is 6.54 Å². The Hall–Kier alpha value is -0.850. The van der Waals surface area contributed by atoms with Gasteiger partial charge >= 0.3 is 0 Å². The lowest BCUT2D eigenvalue weighted by molar-refractivity contribution is 0.323. The molecule has 0 bridgehead atoms. The molecule has 5 nitrogen and oxygen atoms in total. The molecule has 2 rings (SSSR count). The molecule has 0 spiro atoms. The number of nitrogens with one attached hydrogen (secondary N) is 2. The van der Waals surface area contributed by atoms with E-state index in [2.05, 4.69) is 17.0 Å². The summed E-state index contributed by atoms with van der Waals surface area (Å²) in [4.78, 5) is 0. The van der Waals surface area contributed by atoms with Gasteiger partial charge < -0.3 is 9.73 Å². The van der Waals surface area contributed by atoms with E-state index in [1.807, 2.05) is 13.8 Å². The van der Waals surface area contributed by atoms with Crippen molar-refractivity contribution in [3.05, 3.63) is 17.9 Å². The van der Waals surface area contributed by atoms with Crippen molar-refractivity contribution in [2.75, 3.05) is 0 Å². The van der Waals surface area contributed by atoms with E-state index < -0.39 is 10.0 Å². The van der Waals surface area contributed by atoms with E-state index in [9.17, 15) is 8.42 Å². The molecule has 21 heavy (non-hydrogen) atoms. The van der Waals surface area contributed by atoms with Crippen LogP contribution in [0, 0.1) is 5.92 Å². The van der Waals surface area contributed by atoms with Gasteiger partial charge in [-0.05, 0) is 30.9 Å². The predicted molar refractivity (Wildman–Crippen MR) is 82.4 cm³/mol. The first-order valence-corrected chi connectivity index (χ1v) is 9.19. The minimum Gasteiger partial charge on any atom is -0.447 e. The lowest BCUT2D eigenvalue weighted by Crippen LogP contribution is -2.37. The van der Waals surface area contributed by atoms with Gasteiger partial charge in [0.1, 0.15) is 5.76 Å². The molecular formula is C15H26N2O3S. The second kappa shape index (κ2) is 6.94. The molecule has 0 amide bonds. The molecule has 1 aromatic rings. The summed E-state index contributed by atoms with van der Waals surface area (Å²) < 4.78 is 32.9. The minimum absolute atomic E-state index is 0.0151. The molecular weight excluding hydrogens is 288 g/mol. The van der Waals surface area contributed by atoms with Gasteiger partial charge in [0.2, 0.25) is 5.09 Å². The van der Waals surface area contributed by atoms with Crippen LogP contribution < -0.4 is 10.0 Å². The monoisotopic (exact) mass is 314 g/mol. The summed E-state index contributed by atoms with van der Waals surface area (Å²) in [7, 11) is -3.55. The third-order valence-corrected chi connectivity index (χ3v) is 5.24. The highest BCUT2D eigenvalue weighted by Crippen LogP contribution is 2.25. The Balaban J connectivity index is 1.98. The van der Waals surface area contributed by atoms with Crippen molar-refractivity contribution in [1.82, 2.24) is 10.0 Å². The van der Waals surface area contributed by atoms with Crippen LogP contribution >= 0.6 is 0 Å². The third-order valence-electron chi connectivity index (χ3n) is 3.84. The first-order chi connectivity index (χ1) is 9.87. The minimum atomic E-state index is -3.55. The van der Waals surface area contributed by atoms with Crippen LogP contribution in [-0.4, -0.2) is 20.5 Å². The molecule has 2 atom stereocenters. The largest absolute Gasteiger partial charge is 0.447 e. The van der Waals surface area contributed by atoms with Crippen LogP contribution in [-0.2, 0) is 16.6 Å². The maximum atomic E-state index is 12.3. The molecule has 0 radical (unpaired) electrons. The lowest BCUT2D eigenvalue weighted by Gasteiger charge is -2.26. The summed E-state index contributed by atoms with van der Waals surface area (Å²) in [5, 5.41) is 3.22. The molecule has 2 N–H and O–H groups in total. The second-order valence-corrected chi connectivity index (χ2v) is 7.99. The Morgan fingerprint density at radius 1 is 1.33 bits per heavy atom. The zero-order valence-electron chi connectivity index (χ0n) is 13.1. The van der Waals surface area contributed by atoms with Gasteiger partial charge in [-0.25, -0.2) is 13.1 Å². The molecule has 1 aromatic heterocycles. The van der Waals surface area contributed by atoms with Crippen LogP contribution in [0.15, 0.2) is 21.6 Å². The van der Waals surface area contributed by atoms with E-state index in [1.54, 1.807) is 6.07 Å². The average molecular weight is 314 g/mol. The van der Waals surface area contributed by atoms with Gasteiger partial charge in [-0.3, -0.25) is 0 Å². The standard InChI is InChI=1S/C15H26N2O3S/c1-11(2)16-10-14-7-8-15(20-14)21(18,19)17-13-6-4-5-12(3)9-13/h7-8,11-13,16-17H,4-6,9-10H2,1-3H3. The zero-order valence-corrected chi connectivity index (χ0v) is 13.9. The van der Waals surface area contributed by atoms with Crippen molar-refractivity contribution in [1.29, 1.82) is 0 Å². The smallest absolute Gasteiger partial charge is 0.274 e. The summed E-state index contributed by atoms with van der Waals surface area (Å²) in [5.74, 6) is 1.22. The van der Waals surface area contributed by atoms with Crippen LogP contribution in [0.3, 0.4) is 0 Å². The van der Waals surface area contributed by atoms with E-state index in [0.29, 0.717) is 24.3 Å². The molecule has 0 aromatic carbocycles. The van der Waals surface area contributed by atoms with Gasteiger partial charge in [0.15, 0.2) is 0 Å². The molecule has 120 valence electrons. The molecule has 1 aliphatic rings. The maximum absolute atomic E-state index is 12.3. The molecule has 2 unspecified atom stereocenters. The van der Waals surface area contributed by atoms with Crippen LogP contribution in [0.25, 0.3) is 0 Å². The zero-order chi connectivity index (χ0) is 15.5. The van der Waals surface area contributed by atoms with E-state index in [4.69, 9.17) is 4.42 Å². The van der Waals surface area contributed by atoms with Crippen molar-refractivity contribution in [2.24, 2.45) is 5.92 Å². The quantitative estimate of drug-likeness (QED) is 0.847. The molecule has 0 aliphatic heterocycles. The molecule has 0 saturated heterocycles. The van der Waals surface area contributed by atoms with Crippen LogP contribution in [0.2, 0.25) is 0 Å². The van der Waals surface area contributed by atoms with Crippen LogP contribution in [0.5, 0.6) is 0 Å².